The summed E-state index contributed by atoms with van der Waals surface area (Å²) in [5.74, 6) is -0.691. The fourth-order valence-electron chi connectivity index (χ4n) is 3.34. The van der Waals surface area contributed by atoms with Crippen molar-refractivity contribution in [2.75, 3.05) is 23.9 Å². The summed E-state index contributed by atoms with van der Waals surface area (Å²) in [6.07, 6.45) is 0.0753. The van der Waals surface area contributed by atoms with E-state index in [0.29, 0.717) is 11.4 Å². The molecule has 2 heterocycles. The van der Waals surface area contributed by atoms with Crippen LogP contribution in [0.4, 0.5) is 10.8 Å². The second-order valence-electron chi connectivity index (χ2n) is 7.17. The zero-order valence-electron chi connectivity index (χ0n) is 17.1. The normalized spacial score (nSPS) is 16.2. The average Bonchev–Trinajstić information content (AvgIpc) is 3.40. The maximum atomic E-state index is 12.7. The minimum atomic E-state index is -3.56. The van der Waals surface area contributed by atoms with Crippen molar-refractivity contribution in [2.45, 2.75) is 17.1 Å². The number of rotatable bonds is 7. The van der Waals surface area contributed by atoms with Crippen LogP contribution in [0.3, 0.4) is 0 Å². The Balaban J connectivity index is 1.38. The number of amides is 2. The first-order valence-electron chi connectivity index (χ1n) is 9.71. The third kappa shape index (κ3) is 4.78. The van der Waals surface area contributed by atoms with E-state index in [1.54, 1.807) is 54.5 Å². The Labute approximate surface area is 189 Å². The molecule has 0 radical (unpaired) electrons. The molecule has 3 aromatic rings. The molecule has 1 saturated heterocycles. The first-order chi connectivity index (χ1) is 15.4. The number of methoxy groups -OCH3 is 1. The largest absolute Gasteiger partial charge is 0.497 e. The van der Waals surface area contributed by atoms with Crippen molar-refractivity contribution in [1.29, 1.82) is 0 Å². The van der Waals surface area contributed by atoms with Crippen molar-refractivity contribution < 1.29 is 22.7 Å². The quantitative estimate of drug-likeness (QED) is 0.561. The molecule has 1 aromatic heterocycles. The Morgan fingerprint density at radius 3 is 2.56 bits per heavy atom. The van der Waals surface area contributed by atoms with E-state index in [9.17, 15) is 18.0 Å². The Morgan fingerprint density at radius 1 is 1.16 bits per heavy atom. The van der Waals surface area contributed by atoms with Crippen LogP contribution < -0.4 is 15.0 Å². The van der Waals surface area contributed by atoms with Crippen molar-refractivity contribution in [2.24, 2.45) is 5.92 Å². The van der Waals surface area contributed by atoms with Gasteiger partial charge in [-0.05, 0) is 36.4 Å². The number of sulfone groups is 1. The van der Waals surface area contributed by atoms with Gasteiger partial charge in [-0.3, -0.25) is 9.59 Å². The summed E-state index contributed by atoms with van der Waals surface area (Å²) in [6.45, 7) is 0.241. The lowest BCUT2D eigenvalue weighted by molar-refractivity contribution is -0.122. The van der Waals surface area contributed by atoms with Crippen LogP contribution in [0.1, 0.15) is 11.4 Å². The standard InChI is InChI=1S/C21H20N4O5S2/c1-30-16-9-7-15(8-10-16)25-12-14(11-19(25)26)20(27)22-21-24-23-18(31-21)13-32(28,29)17-5-3-2-4-6-17/h2-10,14H,11-13H2,1H3,(H,22,24,27)/t14-/m1/s1. The predicted molar refractivity (Wildman–Crippen MR) is 119 cm³/mol. The number of aromatic nitrogens is 2. The molecule has 0 saturated carbocycles. The summed E-state index contributed by atoms with van der Waals surface area (Å²) >= 11 is 0.998. The SMILES string of the molecule is COc1ccc(N2C[C@H](C(=O)Nc3nnc(CS(=O)(=O)c4ccccc4)s3)CC2=O)cc1. The molecule has 9 nitrogen and oxygen atoms in total. The molecule has 1 aliphatic heterocycles. The second-order valence-corrected chi connectivity index (χ2v) is 10.2. The van der Waals surface area contributed by atoms with E-state index < -0.39 is 15.8 Å². The minimum absolute atomic E-state index is 0.0753. The molecule has 1 N–H and O–H groups in total. The van der Waals surface area contributed by atoms with E-state index in [1.807, 2.05) is 0 Å². The molecule has 2 aromatic carbocycles. The summed E-state index contributed by atoms with van der Waals surface area (Å²) in [4.78, 5) is 26.8. The van der Waals surface area contributed by atoms with Crippen molar-refractivity contribution >= 4 is 43.8 Å². The molecule has 32 heavy (non-hydrogen) atoms. The average molecular weight is 473 g/mol. The number of carbonyl (C=O) groups is 2. The van der Waals surface area contributed by atoms with Gasteiger partial charge in [0.15, 0.2) is 9.84 Å². The highest BCUT2D eigenvalue weighted by Gasteiger charge is 2.35. The predicted octanol–water partition coefficient (Wildman–Crippen LogP) is 2.51. The van der Waals surface area contributed by atoms with Gasteiger partial charge in [0.1, 0.15) is 16.5 Å². The first-order valence-corrected chi connectivity index (χ1v) is 12.2. The number of nitrogens with one attached hydrogen (secondary N) is 1. The van der Waals surface area contributed by atoms with Crippen molar-refractivity contribution in [3.05, 3.63) is 59.6 Å². The molecule has 166 valence electrons. The van der Waals surface area contributed by atoms with E-state index >= 15 is 0 Å². The van der Waals surface area contributed by atoms with Crippen LogP contribution >= 0.6 is 11.3 Å². The number of ether oxygens (including phenoxy) is 1. The number of anilines is 2. The van der Waals surface area contributed by atoms with E-state index in [2.05, 4.69) is 15.5 Å². The van der Waals surface area contributed by atoms with Crippen LogP contribution in [0.2, 0.25) is 0 Å². The molecule has 1 atom stereocenters. The van der Waals surface area contributed by atoms with Crippen LogP contribution in [0, 0.1) is 5.92 Å². The van der Waals surface area contributed by atoms with E-state index in [1.165, 1.54) is 12.1 Å². The fraction of sp³-hybridized carbons (Fsp3) is 0.238. The smallest absolute Gasteiger partial charge is 0.231 e. The highest BCUT2D eigenvalue weighted by molar-refractivity contribution is 7.90. The fourth-order valence-corrected chi connectivity index (χ4v) is 5.70. The lowest BCUT2D eigenvalue weighted by Crippen LogP contribution is -2.28. The third-order valence-corrected chi connectivity index (χ3v) is 7.66. The number of hydrogen-bond acceptors (Lipinski definition) is 8. The number of carbonyl (C=O) groups excluding carboxylic acids is 2. The maximum Gasteiger partial charge on any atom is 0.231 e. The Kier molecular flexibility index (Phi) is 6.19. The summed E-state index contributed by atoms with van der Waals surface area (Å²) in [7, 11) is -2.00. The lowest BCUT2D eigenvalue weighted by Gasteiger charge is -2.16. The van der Waals surface area contributed by atoms with Crippen molar-refractivity contribution in [3.8, 4) is 5.75 Å². The van der Waals surface area contributed by atoms with Gasteiger partial charge in [-0.2, -0.15) is 0 Å². The van der Waals surface area contributed by atoms with E-state index in [-0.39, 0.29) is 45.6 Å². The molecule has 1 fully saturated rings. The Bertz CT molecular complexity index is 1230. The molecular formula is C21H20N4O5S2. The van der Waals surface area contributed by atoms with Gasteiger partial charge in [-0.25, -0.2) is 8.42 Å². The second kappa shape index (κ2) is 9.05. The topological polar surface area (TPSA) is 119 Å². The van der Waals surface area contributed by atoms with Crippen LogP contribution in [-0.2, 0) is 25.2 Å². The zero-order valence-corrected chi connectivity index (χ0v) is 18.7. The molecular weight excluding hydrogens is 452 g/mol. The van der Waals surface area contributed by atoms with Crippen molar-refractivity contribution in [3.63, 3.8) is 0 Å². The van der Waals surface area contributed by atoms with Crippen molar-refractivity contribution in [1.82, 2.24) is 10.2 Å². The Hall–Kier alpha value is -3.31. The molecule has 0 bridgehead atoms. The number of benzene rings is 2. The summed E-state index contributed by atoms with van der Waals surface area (Å²) in [5, 5.41) is 10.9. The zero-order chi connectivity index (χ0) is 22.7. The van der Waals surface area contributed by atoms with Gasteiger partial charge in [0.25, 0.3) is 0 Å². The van der Waals surface area contributed by atoms with Crippen LogP contribution in [-0.4, -0.2) is 44.1 Å². The highest BCUT2D eigenvalue weighted by atomic mass is 32.2. The first kappa shape index (κ1) is 21.9. The molecule has 0 aliphatic carbocycles. The van der Waals surface area contributed by atoms with Gasteiger partial charge < -0.3 is 15.0 Å². The Morgan fingerprint density at radius 2 is 1.88 bits per heavy atom. The van der Waals surface area contributed by atoms with Crippen LogP contribution in [0.15, 0.2) is 59.5 Å². The molecule has 4 rings (SSSR count). The van der Waals surface area contributed by atoms with Gasteiger partial charge in [-0.1, -0.05) is 29.5 Å². The summed E-state index contributed by atoms with van der Waals surface area (Å²) in [6, 6.07) is 15.1. The van der Waals surface area contributed by atoms with Gasteiger partial charge in [0.2, 0.25) is 16.9 Å². The maximum absolute atomic E-state index is 12.7. The van der Waals surface area contributed by atoms with Gasteiger partial charge in [-0.15, -0.1) is 10.2 Å². The molecule has 11 heteroatoms. The van der Waals surface area contributed by atoms with Crippen LogP contribution in [0.5, 0.6) is 5.75 Å². The minimum Gasteiger partial charge on any atom is -0.497 e. The third-order valence-electron chi connectivity index (χ3n) is 4.99. The van der Waals surface area contributed by atoms with Gasteiger partial charge in [0.05, 0.1) is 17.9 Å². The molecule has 0 unspecified atom stereocenters. The highest BCUT2D eigenvalue weighted by Crippen LogP contribution is 2.28. The lowest BCUT2D eigenvalue weighted by atomic mass is 10.1. The molecule has 2 amide bonds. The number of hydrogen-bond donors (Lipinski definition) is 1. The van der Waals surface area contributed by atoms with Crippen LogP contribution in [0.25, 0.3) is 0 Å². The molecule has 0 spiro atoms. The number of nitrogens with zero attached hydrogens (tertiary/aromatic N) is 3. The summed E-state index contributed by atoms with van der Waals surface area (Å²) < 4.78 is 30.1. The summed E-state index contributed by atoms with van der Waals surface area (Å²) in [5.41, 5.74) is 0.690. The van der Waals surface area contributed by atoms with Gasteiger partial charge >= 0.3 is 0 Å². The van der Waals surface area contributed by atoms with Gasteiger partial charge in [0, 0.05) is 18.7 Å². The van der Waals surface area contributed by atoms with E-state index in [0.717, 1.165) is 11.3 Å². The molecule has 1 aliphatic rings. The monoisotopic (exact) mass is 472 g/mol. The van der Waals surface area contributed by atoms with E-state index in [4.69, 9.17) is 4.74 Å².